The molecule has 3 aliphatic rings. The van der Waals surface area contributed by atoms with E-state index in [1.54, 1.807) is 0 Å². The Morgan fingerprint density at radius 3 is 2.38 bits per heavy atom. The molecule has 0 spiro atoms. The Labute approximate surface area is 83.1 Å². The standard InChI is InChI=1S/C13H24/c1-13(2,3)12-9-10-5-4-6-11(12)8-7-10/h10-12H,4-9H2,1-3H3. The maximum atomic E-state index is 2.44. The zero-order valence-corrected chi connectivity index (χ0v) is 9.47. The Hall–Kier alpha value is 0. The molecule has 3 aliphatic carbocycles. The molecule has 0 saturated heterocycles. The van der Waals surface area contributed by atoms with Gasteiger partial charge in [-0.2, -0.15) is 0 Å². The average molecular weight is 180 g/mol. The molecule has 13 heavy (non-hydrogen) atoms. The van der Waals surface area contributed by atoms with E-state index in [9.17, 15) is 0 Å². The van der Waals surface area contributed by atoms with Gasteiger partial charge in [-0.15, -0.1) is 0 Å². The maximum Gasteiger partial charge on any atom is -0.0334 e. The van der Waals surface area contributed by atoms with E-state index >= 15 is 0 Å². The summed E-state index contributed by atoms with van der Waals surface area (Å²) in [6.45, 7) is 7.33. The highest BCUT2D eigenvalue weighted by atomic mass is 14.4. The first-order valence-corrected chi connectivity index (χ1v) is 6.07. The van der Waals surface area contributed by atoms with Gasteiger partial charge in [-0.25, -0.2) is 0 Å². The Balaban J connectivity index is 2.12. The van der Waals surface area contributed by atoms with Crippen molar-refractivity contribution in [3.05, 3.63) is 0 Å². The molecule has 0 amide bonds. The normalized spacial score (nSPS) is 40.4. The second-order valence-corrected chi connectivity index (χ2v) is 6.34. The van der Waals surface area contributed by atoms with Crippen LogP contribution in [0.15, 0.2) is 0 Å². The first-order valence-electron chi connectivity index (χ1n) is 6.07. The van der Waals surface area contributed by atoms with Crippen LogP contribution < -0.4 is 0 Å². The first kappa shape index (κ1) is 9.55. The molecule has 0 radical (unpaired) electrons. The maximum absolute atomic E-state index is 2.44. The SMILES string of the molecule is CC(C)(C)C1CC2CCCC1CC2. The number of rotatable bonds is 0. The van der Waals surface area contributed by atoms with Gasteiger partial charge in [0.2, 0.25) is 0 Å². The molecule has 0 aromatic carbocycles. The van der Waals surface area contributed by atoms with Crippen LogP contribution in [0.1, 0.15) is 59.3 Å². The molecular formula is C13H24. The fourth-order valence-corrected chi connectivity index (χ4v) is 3.66. The fourth-order valence-electron chi connectivity index (χ4n) is 3.66. The predicted octanol–water partition coefficient (Wildman–Crippen LogP) is 4.25. The summed E-state index contributed by atoms with van der Waals surface area (Å²) < 4.78 is 0. The lowest BCUT2D eigenvalue weighted by Crippen LogP contribution is -2.32. The summed E-state index contributed by atoms with van der Waals surface area (Å²) in [6.07, 6.45) is 9.18. The van der Waals surface area contributed by atoms with Crippen LogP contribution in [-0.4, -0.2) is 0 Å². The van der Waals surface area contributed by atoms with Crippen LogP contribution in [0.3, 0.4) is 0 Å². The average Bonchev–Trinajstić information content (AvgIpc) is 2.35. The van der Waals surface area contributed by atoms with E-state index in [-0.39, 0.29) is 0 Å². The van der Waals surface area contributed by atoms with Crippen LogP contribution in [0, 0.1) is 23.2 Å². The van der Waals surface area contributed by atoms with Crippen LogP contribution in [0.5, 0.6) is 0 Å². The lowest BCUT2D eigenvalue weighted by atomic mass is 9.64. The molecule has 3 atom stereocenters. The fraction of sp³-hybridized carbons (Fsp3) is 1.00. The molecule has 2 bridgehead atoms. The van der Waals surface area contributed by atoms with Gasteiger partial charge < -0.3 is 0 Å². The topological polar surface area (TPSA) is 0 Å². The number of hydrogen-bond acceptors (Lipinski definition) is 0. The molecule has 0 aromatic rings. The van der Waals surface area contributed by atoms with Gasteiger partial charge in [-0.3, -0.25) is 0 Å². The molecule has 0 heterocycles. The number of hydrogen-bond donors (Lipinski definition) is 0. The van der Waals surface area contributed by atoms with Crippen LogP contribution >= 0.6 is 0 Å². The molecular weight excluding hydrogens is 156 g/mol. The molecule has 0 nitrogen and oxygen atoms in total. The van der Waals surface area contributed by atoms with Gasteiger partial charge in [-0.05, 0) is 36.0 Å². The summed E-state index contributed by atoms with van der Waals surface area (Å²) in [7, 11) is 0. The number of fused-ring (bicyclic) bond motifs is 4. The smallest absolute Gasteiger partial charge is 0.0334 e. The van der Waals surface area contributed by atoms with Crippen molar-refractivity contribution in [2.75, 3.05) is 0 Å². The van der Waals surface area contributed by atoms with Gasteiger partial charge in [0.25, 0.3) is 0 Å². The first-order chi connectivity index (χ1) is 6.07. The van der Waals surface area contributed by atoms with Gasteiger partial charge in [0.15, 0.2) is 0 Å². The minimum absolute atomic E-state index is 0.563. The lowest BCUT2D eigenvalue weighted by Gasteiger charge is -2.41. The van der Waals surface area contributed by atoms with E-state index in [2.05, 4.69) is 20.8 Å². The van der Waals surface area contributed by atoms with Crippen molar-refractivity contribution in [3.63, 3.8) is 0 Å². The van der Waals surface area contributed by atoms with E-state index in [0.29, 0.717) is 5.41 Å². The summed E-state index contributed by atoms with van der Waals surface area (Å²) in [4.78, 5) is 0. The summed E-state index contributed by atoms with van der Waals surface area (Å²) in [5.41, 5.74) is 0.563. The molecule has 3 saturated carbocycles. The minimum atomic E-state index is 0.563. The molecule has 3 fully saturated rings. The van der Waals surface area contributed by atoms with Crippen molar-refractivity contribution in [3.8, 4) is 0 Å². The van der Waals surface area contributed by atoms with Gasteiger partial charge in [0, 0.05) is 0 Å². The van der Waals surface area contributed by atoms with E-state index in [1.807, 2.05) is 0 Å². The van der Waals surface area contributed by atoms with E-state index in [1.165, 1.54) is 38.5 Å². The molecule has 76 valence electrons. The zero-order valence-electron chi connectivity index (χ0n) is 9.47. The van der Waals surface area contributed by atoms with Crippen LogP contribution in [0.25, 0.3) is 0 Å². The van der Waals surface area contributed by atoms with Gasteiger partial charge in [0.1, 0.15) is 0 Å². The predicted molar refractivity (Wildman–Crippen MR) is 57.6 cm³/mol. The quantitative estimate of drug-likeness (QED) is 0.523. The van der Waals surface area contributed by atoms with Crippen molar-refractivity contribution in [1.29, 1.82) is 0 Å². The van der Waals surface area contributed by atoms with Gasteiger partial charge in [-0.1, -0.05) is 46.5 Å². The molecule has 3 rings (SSSR count). The Morgan fingerprint density at radius 2 is 1.69 bits per heavy atom. The van der Waals surface area contributed by atoms with Crippen molar-refractivity contribution >= 4 is 0 Å². The largest absolute Gasteiger partial charge is 0.0599 e. The lowest BCUT2D eigenvalue weighted by molar-refractivity contribution is 0.0902. The monoisotopic (exact) mass is 180 g/mol. The Morgan fingerprint density at radius 1 is 0.923 bits per heavy atom. The Bertz CT molecular complexity index is 171. The molecule has 0 N–H and O–H groups in total. The van der Waals surface area contributed by atoms with Crippen molar-refractivity contribution in [2.45, 2.75) is 59.3 Å². The van der Waals surface area contributed by atoms with Crippen LogP contribution in [-0.2, 0) is 0 Å². The third kappa shape index (κ3) is 1.92. The summed E-state index contributed by atoms with van der Waals surface area (Å²) in [5, 5.41) is 0. The zero-order chi connectivity index (χ0) is 9.47. The highest BCUT2D eigenvalue weighted by Gasteiger charge is 2.38. The molecule has 0 aromatic heterocycles. The summed E-state index contributed by atoms with van der Waals surface area (Å²) in [6, 6.07) is 0. The van der Waals surface area contributed by atoms with E-state index in [4.69, 9.17) is 0 Å². The molecule has 0 heteroatoms. The molecule has 0 aliphatic heterocycles. The van der Waals surface area contributed by atoms with Crippen molar-refractivity contribution in [2.24, 2.45) is 23.2 Å². The van der Waals surface area contributed by atoms with Crippen LogP contribution in [0.2, 0.25) is 0 Å². The second kappa shape index (κ2) is 3.29. The van der Waals surface area contributed by atoms with E-state index in [0.717, 1.165) is 17.8 Å². The summed E-state index contributed by atoms with van der Waals surface area (Å²) >= 11 is 0. The highest BCUT2D eigenvalue weighted by molar-refractivity contribution is 4.89. The molecule has 3 unspecified atom stereocenters. The van der Waals surface area contributed by atoms with E-state index < -0.39 is 0 Å². The van der Waals surface area contributed by atoms with Gasteiger partial charge in [0.05, 0.1) is 0 Å². The summed E-state index contributed by atoms with van der Waals surface area (Å²) in [5.74, 6) is 3.18. The highest BCUT2D eigenvalue weighted by Crippen LogP contribution is 2.49. The van der Waals surface area contributed by atoms with Crippen molar-refractivity contribution < 1.29 is 0 Å². The van der Waals surface area contributed by atoms with Crippen LogP contribution in [0.4, 0.5) is 0 Å². The van der Waals surface area contributed by atoms with Gasteiger partial charge >= 0.3 is 0 Å². The second-order valence-electron chi connectivity index (χ2n) is 6.34. The third-order valence-electron chi connectivity index (χ3n) is 4.40. The minimum Gasteiger partial charge on any atom is -0.0599 e. The Kier molecular flexibility index (Phi) is 2.42. The third-order valence-corrected chi connectivity index (χ3v) is 4.40. The van der Waals surface area contributed by atoms with Crippen molar-refractivity contribution in [1.82, 2.24) is 0 Å².